The van der Waals surface area contributed by atoms with E-state index in [1.54, 1.807) is 29.3 Å². The number of ether oxygens (including phenoxy) is 1. The number of hydrogen-bond acceptors (Lipinski definition) is 6. The maximum absolute atomic E-state index is 13.0. The molecule has 0 spiro atoms. The molecule has 5 rings (SSSR count). The second-order valence-corrected chi connectivity index (χ2v) is 10.2. The first-order valence-corrected chi connectivity index (χ1v) is 12.2. The van der Waals surface area contributed by atoms with E-state index >= 15 is 0 Å². The van der Waals surface area contributed by atoms with Gasteiger partial charge in [0.05, 0.1) is 30.7 Å². The molecule has 0 amide bonds. The molecule has 0 saturated carbocycles. The Balaban J connectivity index is 1.27. The first kappa shape index (κ1) is 21.9. The fourth-order valence-electron chi connectivity index (χ4n) is 4.51. The molecule has 4 aromatic rings. The molecular formula is C25H29N5O2S. The smallest absolute Gasteiger partial charge is 0.262 e. The fraction of sp³-hybridized carbons (Fsp3) is 0.400. The minimum Gasteiger partial charge on any atom is -0.497 e. The lowest BCUT2D eigenvalue weighted by Crippen LogP contribution is -2.33. The van der Waals surface area contributed by atoms with E-state index in [0.717, 1.165) is 53.0 Å². The number of rotatable bonds is 7. The predicted molar refractivity (Wildman–Crippen MR) is 131 cm³/mol. The summed E-state index contributed by atoms with van der Waals surface area (Å²) in [5.74, 6) is 1.23. The number of methoxy groups -OCH3 is 1. The molecule has 1 aliphatic rings. The van der Waals surface area contributed by atoms with Gasteiger partial charge >= 0.3 is 0 Å². The van der Waals surface area contributed by atoms with E-state index in [4.69, 9.17) is 4.74 Å². The molecule has 1 aliphatic carbocycles. The van der Waals surface area contributed by atoms with Crippen LogP contribution in [-0.4, -0.2) is 32.5 Å². The Hall–Kier alpha value is -2.97. The molecule has 1 aromatic carbocycles. The van der Waals surface area contributed by atoms with Crippen molar-refractivity contribution in [3.8, 4) is 11.4 Å². The van der Waals surface area contributed by atoms with Gasteiger partial charge in [-0.1, -0.05) is 19.9 Å². The third-order valence-electron chi connectivity index (χ3n) is 6.15. The molecule has 33 heavy (non-hydrogen) atoms. The SMILES string of the molecule is COc1cccc(-n2cc(CNC3CCc4c(sc5ncn(CC(C)C)c(=O)c45)C3)cn2)c1. The molecule has 3 aromatic heterocycles. The lowest BCUT2D eigenvalue weighted by Gasteiger charge is -2.23. The highest BCUT2D eigenvalue weighted by Gasteiger charge is 2.25. The summed E-state index contributed by atoms with van der Waals surface area (Å²) in [6.45, 7) is 5.71. The van der Waals surface area contributed by atoms with Crippen LogP contribution in [0.2, 0.25) is 0 Å². The highest BCUT2D eigenvalue weighted by molar-refractivity contribution is 7.18. The number of thiophene rings is 1. The molecule has 0 bridgehead atoms. The lowest BCUT2D eigenvalue weighted by atomic mass is 9.93. The topological polar surface area (TPSA) is 74.0 Å². The average molecular weight is 464 g/mol. The van der Waals surface area contributed by atoms with Crippen molar-refractivity contribution in [3.63, 3.8) is 0 Å². The van der Waals surface area contributed by atoms with E-state index in [1.165, 1.54) is 10.4 Å². The minimum atomic E-state index is 0.113. The monoisotopic (exact) mass is 463 g/mol. The van der Waals surface area contributed by atoms with Gasteiger partial charge in [-0.05, 0) is 42.9 Å². The van der Waals surface area contributed by atoms with Crippen LogP contribution in [0.4, 0.5) is 0 Å². The lowest BCUT2D eigenvalue weighted by molar-refractivity contribution is 0.414. The molecule has 0 fully saturated rings. The van der Waals surface area contributed by atoms with Crippen molar-refractivity contribution in [1.29, 1.82) is 0 Å². The summed E-state index contributed by atoms with van der Waals surface area (Å²) in [5.41, 5.74) is 3.44. The van der Waals surface area contributed by atoms with Gasteiger partial charge in [-0.15, -0.1) is 11.3 Å². The third kappa shape index (κ3) is 4.45. The van der Waals surface area contributed by atoms with Crippen molar-refractivity contribution in [1.82, 2.24) is 24.6 Å². The Kier molecular flexibility index (Phi) is 6.03. The van der Waals surface area contributed by atoms with Crippen LogP contribution >= 0.6 is 11.3 Å². The molecule has 172 valence electrons. The van der Waals surface area contributed by atoms with Gasteiger partial charge in [0.2, 0.25) is 0 Å². The molecule has 0 radical (unpaired) electrons. The van der Waals surface area contributed by atoms with Gasteiger partial charge in [0.15, 0.2) is 0 Å². The van der Waals surface area contributed by atoms with Crippen molar-refractivity contribution in [2.75, 3.05) is 7.11 Å². The third-order valence-corrected chi connectivity index (χ3v) is 7.31. The van der Waals surface area contributed by atoms with Crippen molar-refractivity contribution in [2.45, 2.75) is 52.2 Å². The molecule has 1 atom stereocenters. The Labute approximate surface area is 197 Å². The minimum absolute atomic E-state index is 0.113. The fourth-order valence-corrected chi connectivity index (χ4v) is 5.76. The number of hydrogen-bond donors (Lipinski definition) is 1. The second kappa shape index (κ2) is 9.11. The Bertz CT molecular complexity index is 1340. The summed E-state index contributed by atoms with van der Waals surface area (Å²) >= 11 is 1.68. The molecule has 1 unspecified atom stereocenters. The van der Waals surface area contributed by atoms with E-state index in [9.17, 15) is 4.79 Å². The number of aryl methyl sites for hydroxylation is 1. The summed E-state index contributed by atoms with van der Waals surface area (Å²) in [4.78, 5) is 19.8. The molecular weight excluding hydrogens is 434 g/mol. The average Bonchev–Trinajstić information content (AvgIpc) is 3.44. The molecule has 3 heterocycles. The van der Waals surface area contributed by atoms with E-state index in [2.05, 4.69) is 35.4 Å². The van der Waals surface area contributed by atoms with Crippen LogP contribution < -0.4 is 15.6 Å². The summed E-state index contributed by atoms with van der Waals surface area (Å²) in [6.07, 6.45) is 8.53. The number of aromatic nitrogens is 4. The predicted octanol–water partition coefficient (Wildman–Crippen LogP) is 3.96. The Morgan fingerprint density at radius 3 is 3.03 bits per heavy atom. The van der Waals surface area contributed by atoms with Crippen LogP contribution in [0.15, 0.2) is 47.8 Å². The van der Waals surface area contributed by atoms with Crippen LogP contribution in [0.25, 0.3) is 15.9 Å². The molecule has 8 heteroatoms. The normalized spacial score (nSPS) is 15.8. The van der Waals surface area contributed by atoms with Crippen LogP contribution in [-0.2, 0) is 25.9 Å². The van der Waals surface area contributed by atoms with Gasteiger partial charge in [0.25, 0.3) is 5.56 Å². The van der Waals surface area contributed by atoms with E-state index in [1.807, 2.05) is 35.1 Å². The van der Waals surface area contributed by atoms with Gasteiger partial charge in [-0.25, -0.2) is 9.67 Å². The van der Waals surface area contributed by atoms with Crippen molar-refractivity contribution < 1.29 is 4.74 Å². The van der Waals surface area contributed by atoms with Gasteiger partial charge in [-0.3, -0.25) is 9.36 Å². The maximum Gasteiger partial charge on any atom is 0.262 e. The Morgan fingerprint density at radius 1 is 1.33 bits per heavy atom. The van der Waals surface area contributed by atoms with Crippen molar-refractivity contribution in [2.24, 2.45) is 5.92 Å². The van der Waals surface area contributed by atoms with Crippen LogP contribution in [0.3, 0.4) is 0 Å². The second-order valence-electron chi connectivity index (χ2n) is 9.10. The number of benzene rings is 1. The zero-order chi connectivity index (χ0) is 22.9. The van der Waals surface area contributed by atoms with Gasteiger partial charge in [0.1, 0.15) is 10.6 Å². The standard InChI is InChI=1S/C25H29N5O2S/c1-16(2)13-29-15-27-24-23(25(29)31)21-8-7-18(9-22(21)33-24)26-11-17-12-28-30(14-17)19-5-4-6-20(10-19)32-3/h4-6,10,12,14-16,18,26H,7-9,11,13H2,1-3H3. The molecule has 1 N–H and O–H groups in total. The highest BCUT2D eigenvalue weighted by atomic mass is 32.1. The quantitative estimate of drug-likeness (QED) is 0.449. The first-order chi connectivity index (χ1) is 16.0. The van der Waals surface area contributed by atoms with E-state index in [-0.39, 0.29) is 5.56 Å². The zero-order valence-electron chi connectivity index (χ0n) is 19.2. The van der Waals surface area contributed by atoms with Gasteiger partial charge < -0.3 is 10.1 Å². The van der Waals surface area contributed by atoms with Gasteiger partial charge in [0, 0.05) is 41.8 Å². The number of nitrogens with one attached hydrogen (secondary N) is 1. The van der Waals surface area contributed by atoms with E-state index in [0.29, 0.717) is 18.5 Å². The highest BCUT2D eigenvalue weighted by Crippen LogP contribution is 2.33. The summed E-state index contributed by atoms with van der Waals surface area (Å²) in [5, 5.41) is 9.04. The van der Waals surface area contributed by atoms with Crippen LogP contribution in [0, 0.1) is 5.92 Å². The van der Waals surface area contributed by atoms with Crippen LogP contribution in [0.1, 0.15) is 36.3 Å². The first-order valence-electron chi connectivity index (χ1n) is 11.4. The molecule has 0 saturated heterocycles. The summed E-state index contributed by atoms with van der Waals surface area (Å²) < 4.78 is 8.95. The van der Waals surface area contributed by atoms with Crippen LogP contribution in [0.5, 0.6) is 5.75 Å². The summed E-state index contributed by atoms with van der Waals surface area (Å²) in [7, 11) is 1.67. The summed E-state index contributed by atoms with van der Waals surface area (Å²) in [6, 6.07) is 8.25. The number of nitrogens with zero attached hydrogens (tertiary/aromatic N) is 4. The number of fused-ring (bicyclic) bond motifs is 3. The van der Waals surface area contributed by atoms with Crippen molar-refractivity contribution >= 4 is 21.6 Å². The maximum atomic E-state index is 13.0. The van der Waals surface area contributed by atoms with Crippen molar-refractivity contribution in [3.05, 3.63) is 69.3 Å². The Morgan fingerprint density at radius 2 is 2.21 bits per heavy atom. The molecule has 7 nitrogen and oxygen atoms in total. The zero-order valence-corrected chi connectivity index (χ0v) is 20.1. The van der Waals surface area contributed by atoms with E-state index < -0.39 is 0 Å². The van der Waals surface area contributed by atoms with Gasteiger partial charge in [-0.2, -0.15) is 5.10 Å². The molecule has 0 aliphatic heterocycles. The largest absolute Gasteiger partial charge is 0.497 e.